The molecule has 0 aromatic carbocycles. The number of methoxy groups -OCH3 is 1. The molecule has 0 spiro atoms. The minimum Gasteiger partial charge on any atom is -0.392 e. The maximum absolute atomic E-state index is 11.8. The van der Waals surface area contributed by atoms with Gasteiger partial charge in [-0.1, -0.05) is 0 Å². The second-order valence-electron chi connectivity index (χ2n) is 4.73. The summed E-state index contributed by atoms with van der Waals surface area (Å²) in [5.41, 5.74) is 0. The number of ether oxygens (including phenoxy) is 1. The third-order valence-corrected chi connectivity index (χ3v) is 3.49. The van der Waals surface area contributed by atoms with Crippen LogP contribution in [0.25, 0.3) is 0 Å². The van der Waals surface area contributed by atoms with E-state index in [1.54, 1.807) is 7.11 Å². The summed E-state index contributed by atoms with van der Waals surface area (Å²) in [5.74, 6) is 0.0123. The summed E-state index contributed by atoms with van der Waals surface area (Å²) >= 11 is 0. The molecule has 1 aliphatic carbocycles. The number of hydrogen-bond donors (Lipinski definition) is 3. The Morgan fingerprint density at radius 3 is 2.81 bits per heavy atom. The number of carbonyl (C=O) groups excluding carboxylic acids is 1. The monoisotopic (exact) mass is 228 g/mol. The highest BCUT2D eigenvalue weighted by atomic mass is 16.5. The Labute approximate surface area is 95.5 Å². The van der Waals surface area contributed by atoms with Gasteiger partial charge < -0.3 is 20.5 Å². The molecule has 1 saturated carbocycles. The number of nitrogens with one attached hydrogen (secondary N) is 2. The Morgan fingerprint density at radius 1 is 1.44 bits per heavy atom. The number of amides is 1. The van der Waals surface area contributed by atoms with E-state index in [-0.39, 0.29) is 30.2 Å². The summed E-state index contributed by atoms with van der Waals surface area (Å²) in [5, 5.41) is 15.4. The zero-order valence-electron chi connectivity index (χ0n) is 9.61. The van der Waals surface area contributed by atoms with Crippen LogP contribution in [0.5, 0.6) is 0 Å². The molecule has 5 heteroatoms. The van der Waals surface area contributed by atoms with Crippen LogP contribution in [0.15, 0.2) is 0 Å². The minimum atomic E-state index is -0.383. The summed E-state index contributed by atoms with van der Waals surface area (Å²) in [7, 11) is 1.71. The van der Waals surface area contributed by atoms with Crippen molar-refractivity contribution in [2.24, 2.45) is 0 Å². The van der Waals surface area contributed by atoms with E-state index in [9.17, 15) is 9.90 Å². The van der Waals surface area contributed by atoms with Crippen LogP contribution in [0.4, 0.5) is 0 Å². The number of hydrogen-bond acceptors (Lipinski definition) is 4. The molecule has 16 heavy (non-hydrogen) atoms. The van der Waals surface area contributed by atoms with Crippen molar-refractivity contribution in [3.05, 3.63) is 0 Å². The van der Waals surface area contributed by atoms with Crippen LogP contribution in [0.1, 0.15) is 25.7 Å². The third-order valence-electron chi connectivity index (χ3n) is 3.49. The van der Waals surface area contributed by atoms with Gasteiger partial charge in [0.25, 0.3) is 0 Å². The largest absolute Gasteiger partial charge is 0.392 e. The molecule has 1 amide bonds. The highest BCUT2D eigenvalue weighted by Gasteiger charge is 2.31. The van der Waals surface area contributed by atoms with Gasteiger partial charge in [0.2, 0.25) is 5.91 Å². The molecule has 0 bridgehead atoms. The zero-order chi connectivity index (χ0) is 11.5. The van der Waals surface area contributed by atoms with E-state index in [1.165, 1.54) is 0 Å². The lowest BCUT2D eigenvalue weighted by Crippen LogP contribution is -2.44. The first-order chi connectivity index (χ1) is 7.69. The Morgan fingerprint density at radius 2 is 2.25 bits per heavy atom. The van der Waals surface area contributed by atoms with Crippen LogP contribution in [0.2, 0.25) is 0 Å². The first-order valence-corrected chi connectivity index (χ1v) is 5.93. The van der Waals surface area contributed by atoms with E-state index in [2.05, 4.69) is 10.6 Å². The highest BCUT2D eigenvalue weighted by Crippen LogP contribution is 2.21. The first kappa shape index (κ1) is 11.8. The SMILES string of the molecule is COC1CCC(NC(=O)C2CC(O)CN2)C1. The Balaban J connectivity index is 1.75. The number of aliphatic hydroxyl groups excluding tert-OH is 1. The van der Waals surface area contributed by atoms with Crippen LogP contribution in [-0.2, 0) is 9.53 Å². The van der Waals surface area contributed by atoms with Crippen LogP contribution >= 0.6 is 0 Å². The van der Waals surface area contributed by atoms with Crippen molar-refractivity contribution >= 4 is 5.91 Å². The van der Waals surface area contributed by atoms with Crippen molar-refractivity contribution in [2.45, 2.75) is 50.0 Å². The molecule has 2 rings (SSSR count). The summed E-state index contributed by atoms with van der Waals surface area (Å²) < 4.78 is 5.26. The van der Waals surface area contributed by atoms with Gasteiger partial charge in [-0.2, -0.15) is 0 Å². The standard InChI is InChI=1S/C11H20N2O3/c1-16-9-3-2-7(4-9)13-11(15)10-5-8(14)6-12-10/h7-10,12,14H,2-6H2,1H3,(H,13,15). The van der Waals surface area contributed by atoms with E-state index < -0.39 is 0 Å². The number of β-amino-alcohol motifs (C(OH)–C–C–N with tert-alkyl or cyclic N) is 1. The van der Waals surface area contributed by atoms with Crippen molar-refractivity contribution in [3.63, 3.8) is 0 Å². The van der Waals surface area contributed by atoms with Crippen LogP contribution in [0.3, 0.4) is 0 Å². The summed E-state index contributed by atoms with van der Waals surface area (Å²) in [6.07, 6.45) is 3.32. The molecule has 3 N–H and O–H groups in total. The van der Waals surface area contributed by atoms with Crippen molar-refractivity contribution in [2.75, 3.05) is 13.7 Å². The molecule has 2 aliphatic rings. The molecule has 2 fully saturated rings. The molecule has 4 unspecified atom stereocenters. The number of carbonyl (C=O) groups is 1. The first-order valence-electron chi connectivity index (χ1n) is 5.93. The van der Waals surface area contributed by atoms with Gasteiger partial charge in [-0.15, -0.1) is 0 Å². The second kappa shape index (κ2) is 5.12. The topological polar surface area (TPSA) is 70.6 Å². The predicted molar refractivity (Wildman–Crippen MR) is 59.0 cm³/mol. The van der Waals surface area contributed by atoms with Gasteiger partial charge in [-0.25, -0.2) is 0 Å². The van der Waals surface area contributed by atoms with Crippen LogP contribution < -0.4 is 10.6 Å². The summed E-state index contributed by atoms with van der Waals surface area (Å²) in [4.78, 5) is 11.8. The lowest BCUT2D eigenvalue weighted by atomic mass is 10.1. The van der Waals surface area contributed by atoms with Gasteiger partial charge >= 0.3 is 0 Å². The van der Waals surface area contributed by atoms with Gasteiger partial charge in [-0.05, 0) is 25.7 Å². The third kappa shape index (κ3) is 2.72. The average Bonchev–Trinajstić information content (AvgIpc) is 2.87. The lowest BCUT2D eigenvalue weighted by Gasteiger charge is -2.16. The quantitative estimate of drug-likeness (QED) is 0.603. The molecule has 4 atom stereocenters. The van der Waals surface area contributed by atoms with Crippen LogP contribution in [0, 0.1) is 0 Å². The molecular formula is C11H20N2O3. The van der Waals surface area contributed by atoms with Gasteiger partial charge in [0, 0.05) is 19.7 Å². The van der Waals surface area contributed by atoms with Crippen molar-refractivity contribution in [3.8, 4) is 0 Å². The zero-order valence-corrected chi connectivity index (χ0v) is 9.61. The fourth-order valence-electron chi connectivity index (χ4n) is 2.50. The highest BCUT2D eigenvalue weighted by molar-refractivity contribution is 5.82. The molecule has 1 heterocycles. The smallest absolute Gasteiger partial charge is 0.237 e. The van der Waals surface area contributed by atoms with Crippen molar-refractivity contribution in [1.29, 1.82) is 0 Å². The van der Waals surface area contributed by atoms with E-state index in [1.807, 2.05) is 0 Å². The number of aliphatic hydroxyl groups is 1. The Hall–Kier alpha value is -0.650. The normalized spacial score (nSPS) is 38.9. The van der Waals surface area contributed by atoms with E-state index in [0.29, 0.717) is 13.0 Å². The fourth-order valence-corrected chi connectivity index (χ4v) is 2.50. The van der Waals surface area contributed by atoms with E-state index in [4.69, 9.17) is 4.74 Å². The minimum absolute atomic E-state index is 0.0123. The molecule has 1 saturated heterocycles. The molecule has 0 aromatic rings. The Bertz CT molecular complexity index is 260. The molecule has 92 valence electrons. The number of rotatable bonds is 3. The van der Waals surface area contributed by atoms with Gasteiger partial charge in [0.1, 0.15) is 0 Å². The van der Waals surface area contributed by atoms with Gasteiger partial charge in [-0.3, -0.25) is 4.79 Å². The van der Waals surface area contributed by atoms with Crippen LogP contribution in [-0.4, -0.2) is 49.0 Å². The molecule has 1 aliphatic heterocycles. The predicted octanol–water partition coefficient (Wildman–Crippen LogP) is -0.607. The lowest BCUT2D eigenvalue weighted by molar-refractivity contribution is -0.123. The van der Waals surface area contributed by atoms with Crippen molar-refractivity contribution < 1.29 is 14.6 Å². The van der Waals surface area contributed by atoms with Gasteiger partial charge in [0.05, 0.1) is 18.2 Å². The molecule has 0 aromatic heterocycles. The maximum atomic E-state index is 11.8. The fraction of sp³-hybridized carbons (Fsp3) is 0.909. The molecule has 0 radical (unpaired) electrons. The van der Waals surface area contributed by atoms with E-state index >= 15 is 0 Å². The molecular weight excluding hydrogens is 208 g/mol. The maximum Gasteiger partial charge on any atom is 0.237 e. The average molecular weight is 228 g/mol. The molecule has 5 nitrogen and oxygen atoms in total. The van der Waals surface area contributed by atoms with E-state index in [0.717, 1.165) is 19.3 Å². The van der Waals surface area contributed by atoms with Crippen molar-refractivity contribution in [1.82, 2.24) is 10.6 Å². The second-order valence-corrected chi connectivity index (χ2v) is 4.73. The Kier molecular flexibility index (Phi) is 3.78. The van der Waals surface area contributed by atoms with Gasteiger partial charge in [0.15, 0.2) is 0 Å². The summed E-state index contributed by atoms with van der Waals surface area (Å²) in [6.45, 7) is 0.517. The summed E-state index contributed by atoms with van der Waals surface area (Å²) in [6, 6.07) is 0.00795.